The van der Waals surface area contributed by atoms with Crippen LogP contribution in [-0.2, 0) is 17.4 Å². The van der Waals surface area contributed by atoms with Crippen LogP contribution in [0.3, 0.4) is 0 Å². The van der Waals surface area contributed by atoms with E-state index in [1.54, 1.807) is 19.2 Å². The van der Waals surface area contributed by atoms with Crippen LogP contribution in [0.5, 0.6) is 5.75 Å². The predicted molar refractivity (Wildman–Crippen MR) is 124 cm³/mol. The fourth-order valence-corrected chi connectivity index (χ4v) is 3.92. The third kappa shape index (κ3) is 6.85. The summed E-state index contributed by atoms with van der Waals surface area (Å²) in [6, 6.07) is 9.84. The Hall–Kier alpha value is -2.29. The summed E-state index contributed by atoms with van der Waals surface area (Å²) < 4.78 is 26.3. The molecule has 0 saturated heterocycles. The average Bonchev–Trinajstić information content (AvgIpc) is 2.69. The Morgan fingerprint density at radius 2 is 1.74 bits per heavy atom. The molecule has 0 bridgehead atoms. The van der Waals surface area contributed by atoms with Crippen molar-refractivity contribution in [2.45, 2.75) is 51.9 Å². The van der Waals surface area contributed by atoms with E-state index in [2.05, 4.69) is 39.2 Å². The average molecular weight is 449 g/mol. The molecule has 31 heavy (non-hydrogen) atoms. The molecule has 0 spiro atoms. The second-order valence-corrected chi connectivity index (χ2v) is 14.0. The second kappa shape index (κ2) is 10.3. The second-order valence-electron chi connectivity index (χ2n) is 9.15. The Balaban J connectivity index is 2.08. The molecule has 2 aromatic carbocycles. The Kier molecular flexibility index (Phi) is 8.33. The van der Waals surface area contributed by atoms with E-state index in [1.807, 2.05) is 12.1 Å². The highest BCUT2D eigenvalue weighted by molar-refractivity contribution is 6.74. The highest BCUT2D eigenvalue weighted by Gasteiger charge is 2.36. The van der Waals surface area contributed by atoms with Crippen molar-refractivity contribution in [1.29, 1.82) is 0 Å². The Morgan fingerprint density at radius 1 is 1.13 bits per heavy atom. The lowest BCUT2D eigenvalue weighted by Crippen LogP contribution is -2.42. The molecule has 6 nitrogen and oxygen atoms in total. The number of nitrogens with zero attached hydrogens (tertiary/aromatic N) is 1. The van der Waals surface area contributed by atoms with E-state index in [0.29, 0.717) is 24.5 Å². The quantitative estimate of drug-likeness (QED) is 0.227. The minimum atomic E-state index is -1.84. The first-order valence-corrected chi connectivity index (χ1v) is 13.3. The van der Waals surface area contributed by atoms with Crippen LogP contribution in [0.4, 0.5) is 10.1 Å². The number of hydrogen-bond donors (Lipinski definition) is 1. The maximum absolute atomic E-state index is 15.1. The van der Waals surface area contributed by atoms with Crippen LogP contribution in [0.1, 0.15) is 37.5 Å². The lowest BCUT2D eigenvalue weighted by molar-refractivity contribution is -0.385. The van der Waals surface area contributed by atoms with E-state index >= 15 is 4.39 Å². The summed E-state index contributed by atoms with van der Waals surface area (Å²) >= 11 is 0. The number of rotatable bonds is 10. The van der Waals surface area contributed by atoms with Gasteiger partial charge in [0.25, 0.3) is 5.69 Å². The Morgan fingerprint density at radius 3 is 2.29 bits per heavy atom. The number of methoxy groups -OCH3 is 1. The molecular weight excluding hydrogens is 415 g/mol. The zero-order valence-electron chi connectivity index (χ0n) is 19.3. The van der Waals surface area contributed by atoms with Crippen molar-refractivity contribution in [3.8, 4) is 5.75 Å². The van der Waals surface area contributed by atoms with Gasteiger partial charge in [0.05, 0.1) is 12.0 Å². The van der Waals surface area contributed by atoms with Gasteiger partial charge in [0.2, 0.25) is 0 Å². The zero-order chi connectivity index (χ0) is 23.2. The van der Waals surface area contributed by atoms with Crippen LogP contribution in [0.2, 0.25) is 18.1 Å². The van der Waals surface area contributed by atoms with Gasteiger partial charge in [0, 0.05) is 43.8 Å². The largest absolute Gasteiger partial charge is 0.497 e. The molecular formula is C23H33FN2O4Si. The van der Waals surface area contributed by atoms with Gasteiger partial charge in [-0.2, -0.15) is 0 Å². The Labute approximate surface area is 185 Å². The van der Waals surface area contributed by atoms with E-state index in [0.717, 1.165) is 5.56 Å². The number of nitrogens with one attached hydrogen (secondary N) is 1. The van der Waals surface area contributed by atoms with Crippen molar-refractivity contribution in [1.82, 2.24) is 5.32 Å². The number of benzene rings is 2. The van der Waals surface area contributed by atoms with Crippen molar-refractivity contribution in [2.24, 2.45) is 0 Å². The summed E-state index contributed by atoms with van der Waals surface area (Å²) in [5.41, 5.74) is 1.32. The van der Waals surface area contributed by atoms with E-state index in [-0.39, 0.29) is 29.3 Å². The van der Waals surface area contributed by atoms with Gasteiger partial charge in [-0.25, -0.2) is 4.39 Å². The number of nitro groups is 1. The lowest BCUT2D eigenvalue weighted by atomic mass is 10.0. The number of nitro benzene ring substituents is 1. The molecule has 0 amide bonds. The van der Waals surface area contributed by atoms with Crippen LogP contribution in [0, 0.1) is 15.9 Å². The number of non-ortho nitro benzene ring substituents is 1. The third-order valence-corrected chi connectivity index (χ3v) is 10.4. The van der Waals surface area contributed by atoms with Crippen LogP contribution < -0.4 is 10.1 Å². The number of halogens is 1. The summed E-state index contributed by atoms with van der Waals surface area (Å²) in [6.45, 7) is 12.1. The monoisotopic (exact) mass is 448 g/mol. The zero-order valence-corrected chi connectivity index (χ0v) is 20.3. The first kappa shape index (κ1) is 25.0. The summed E-state index contributed by atoms with van der Waals surface area (Å²) in [4.78, 5) is 10.9. The highest BCUT2D eigenvalue weighted by atomic mass is 28.4. The van der Waals surface area contributed by atoms with Crippen molar-refractivity contribution in [3.63, 3.8) is 0 Å². The highest BCUT2D eigenvalue weighted by Crippen LogP contribution is 2.36. The minimum Gasteiger partial charge on any atom is -0.497 e. The summed E-state index contributed by atoms with van der Waals surface area (Å²) in [7, 11) is -0.265. The predicted octanol–water partition coefficient (Wildman–Crippen LogP) is 5.44. The molecule has 0 saturated carbocycles. The fourth-order valence-electron chi connectivity index (χ4n) is 2.88. The molecule has 0 atom stereocenters. The molecule has 0 aliphatic carbocycles. The van der Waals surface area contributed by atoms with Gasteiger partial charge < -0.3 is 14.5 Å². The molecule has 2 rings (SSSR count). The van der Waals surface area contributed by atoms with Gasteiger partial charge in [-0.3, -0.25) is 10.1 Å². The van der Waals surface area contributed by atoms with Crippen molar-refractivity contribution < 1.29 is 18.5 Å². The van der Waals surface area contributed by atoms with Crippen molar-refractivity contribution >= 4 is 14.0 Å². The number of ether oxygens (including phenoxy) is 1. The summed E-state index contributed by atoms with van der Waals surface area (Å²) in [5, 5.41) is 14.6. The van der Waals surface area contributed by atoms with Crippen LogP contribution in [-0.4, -0.2) is 33.5 Å². The van der Waals surface area contributed by atoms with E-state index in [4.69, 9.17) is 9.16 Å². The van der Waals surface area contributed by atoms with E-state index in [1.165, 1.54) is 12.1 Å². The summed E-state index contributed by atoms with van der Waals surface area (Å²) in [6.07, 6.45) is 0.263. The molecule has 0 aliphatic rings. The summed E-state index contributed by atoms with van der Waals surface area (Å²) in [5.74, 6) is 0.285. The first-order chi connectivity index (χ1) is 14.4. The Bertz CT molecular complexity index is 896. The van der Waals surface area contributed by atoms with Gasteiger partial charge in [0.15, 0.2) is 8.32 Å². The topological polar surface area (TPSA) is 73.6 Å². The van der Waals surface area contributed by atoms with Gasteiger partial charge in [0.1, 0.15) is 11.6 Å². The minimum absolute atomic E-state index is 0.112. The molecule has 170 valence electrons. The van der Waals surface area contributed by atoms with Gasteiger partial charge >= 0.3 is 0 Å². The van der Waals surface area contributed by atoms with E-state index < -0.39 is 19.1 Å². The van der Waals surface area contributed by atoms with Crippen LogP contribution >= 0.6 is 0 Å². The SMILES string of the molecule is COc1ccc(Cc2cc([N+](=O)[O-])cc(CNCCO[Si](C)(C)C(C)(C)C)c2F)cc1. The number of hydrogen-bond acceptors (Lipinski definition) is 5. The maximum atomic E-state index is 15.1. The molecule has 1 N–H and O–H groups in total. The van der Waals surface area contributed by atoms with Crippen molar-refractivity contribution in [3.05, 3.63) is 69.0 Å². The molecule has 0 fully saturated rings. The van der Waals surface area contributed by atoms with Crippen LogP contribution in [0.15, 0.2) is 36.4 Å². The molecule has 0 heterocycles. The normalized spacial score (nSPS) is 12.1. The molecule has 0 unspecified atom stereocenters. The third-order valence-electron chi connectivity index (χ3n) is 5.84. The standard InChI is InChI=1S/C23H33FN2O4Si/c1-23(2,3)31(5,6)30-12-11-25-16-19-15-20(26(27)28)14-18(22(19)24)13-17-7-9-21(29-4)10-8-17/h7-10,14-15,25H,11-13,16H2,1-6H3. The smallest absolute Gasteiger partial charge is 0.270 e. The fraction of sp³-hybridized carbons (Fsp3) is 0.478. The van der Waals surface area contributed by atoms with Gasteiger partial charge in [-0.1, -0.05) is 32.9 Å². The molecule has 0 radical (unpaired) electrons. The first-order valence-electron chi connectivity index (χ1n) is 10.4. The maximum Gasteiger partial charge on any atom is 0.270 e. The van der Waals surface area contributed by atoms with Gasteiger partial charge in [-0.15, -0.1) is 0 Å². The van der Waals surface area contributed by atoms with E-state index in [9.17, 15) is 10.1 Å². The van der Waals surface area contributed by atoms with Gasteiger partial charge in [-0.05, 0) is 41.4 Å². The molecule has 0 aliphatic heterocycles. The van der Waals surface area contributed by atoms with Crippen LogP contribution in [0.25, 0.3) is 0 Å². The molecule has 2 aromatic rings. The molecule has 8 heteroatoms. The van der Waals surface area contributed by atoms with Crippen molar-refractivity contribution in [2.75, 3.05) is 20.3 Å². The lowest BCUT2D eigenvalue weighted by Gasteiger charge is -2.36. The molecule has 0 aromatic heterocycles.